The van der Waals surface area contributed by atoms with Crippen molar-refractivity contribution in [3.63, 3.8) is 0 Å². The van der Waals surface area contributed by atoms with E-state index in [1.807, 2.05) is 24.5 Å². The lowest BCUT2D eigenvalue weighted by Gasteiger charge is -2.22. The predicted molar refractivity (Wildman–Crippen MR) is 74.2 cm³/mol. The summed E-state index contributed by atoms with van der Waals surface area (Å²) < 4.78 is 26.6. The normalized spacial score (nSPS) is 17.2. The fraction of sp³-hybridized carbons (Fsp3) is 0.500. The highest BCUT2D eigenvalue weighted by Crippen LogP contribution is 2.26. The number of nitrogens with one attached hydrogen (secondary N) is 1. The van der Waals surface area contributed by atoms with Gasteiger partial charge in [0, 0.05) is 24.5 Å². The van der Waals surface area contributed by atoms with E-state index in [0.717, 1.165) is 17.8 Å². The molecular weight excluding hydrogens is 268 g/mol. The van der Waals surface area contributed by atoms with E-state index in [4.69, 9.17) is 0 Å². The molecule has 1 N–H and O–H groups in total. The third-order valence-corrected chi connectivity index (χ3v) is 5.88. The van der Waals surface area contributed by atoms with Crippen LogP contribution >= 0.6 is 11.3 Å². The molecule has 2 heterocycles. The second kappa shape index (κ2) is 5.97. The summed E-state index contributed by atoms with van der Waals surface area (Å²) in [5.41, 5.74) is 0. The van der Waals surface area contributed by atoms with Crippen molar-refractivity contribution in [3.8, 4) is 0 Å². The fourth-order valence-electron chi connectivity index (χ4n) is 1.90. The lowest BCUT2D eigenvalue weighted by molar-refractivity contribution is 0.437. The first-order valence-electron chi connectivity index (χ1n) is 6.08. The predicted octanol–water partition coefficient (Wildman–Crippen LogP) is 1.81. The van der Waals surface area contributed by atoms with Gasteiger partial charge in [0.25, 0.3) is 0 Å². The average molecular weight is 286 g/mol. The van der Waals surface area contributed by atoms with Crippen molar-refractivity contribution in [1.29, 1.82) is 0 Å². The zero-order valence-electron chi connectivity index (χ0n) is 10.4. The Bertz CT molecular complexity index is 520. The van der Waals surface area contributed by atoms with Crippen LogP contribution in [0.15, 0.2) is 28.5 Å². The largest absolute Gasteiger partial charge is 0.312 e. The van der Waals surface area contributed by atoms with Gasteiger partial charge in [0.15, 0.2) is 0 Å². The highest BCUT2D eigenvalue weighted by atomic mass is 32.2. The van der Waals surface area contributed by atoms with Crippen LogP contribution in [0.3, 0.4) is 0 Å². The first-order chi connectivity index (χ1) is 8.66. The van der Waals surface area contributed by atoms with E-state index in [0.29, 0.717) is 24.5 Å². The number of rotatable bonds is 5. The van der Waals surface area contributed by atoms with E-state index in [1.165, 1.54) is 11.3 Å². The third-order valence-electron chi connectivity index (χ3n) is 2.88. The molecule has 0 amide bonds. The van der Waals surface area contributed by atoms with Crippen LogP contribution in [-0.2, 0) is 16.6 Å². The Balaban J connectivity index is 2.24. The van der Waals surface area contributed by atoms with E-state index < -0.39 is 10.0 Å². The molecule has 0 spiro atoms. The molecular formula is C12H18N2O2S2. The minimum absolute atomic E-state index is 0.462. The van der Waals surface area contributed by atoms with Crippen molar-refractivity contribution in [2.24, 2.45) is 0 Å². The molecule has 0 radical (unpaired) electrons. The molecule has 4 nitrogen and oxygen atoms in total. The molecule has 1 aromatic heterocycles. The van der Waals surface area contributed by atoms with E-state index in [2.05, 4.69) is 5.32 Å². The van der Waals surface area contributed by atoms with Crippen molar-refractivity contribution in [2.45, 2.75) is 24.8 Å². The first kappa shape index (κ1) is 13.7. The van der Waals surface area contributed by atoms with Gasteiger partial charge in [0.1, 0.15) is 0 Å². The zero-order valence-corrected chi connectivity index (χ0v) is 12.1. The van der Waals surface area contributed by atoms with Crippen LogP contribution in [0.5, 0.6) is 0 Å². The molecule has 1 aliphatic rings. The Labute approximate surface area is 112 Å². The second-order valence-electron chi connectivity index (χ2n) is 4.11. The average Bonchev–Trinajstić information content (AvgIpc) is 2.86. The molecule has 0 atom stereocenters. The van der Waals surface area contributed by atoms with E-state index >= 15 is 0 Å². The fourth-order valence-corrected chi connectivity index (χ4v) is 4.69. The molecule has 6 heteroatoms. The Morgan fingerprint density at radius 2 is 2.28 bits per heavy atom. The molecule has 0 bridgehead atoms. The van der Waals surface area contributed by atoms with Gasteiger partial charge in [0.05, 0.1) is 4.90 Å². The number of thiophene rings is 1. The molecule has 18 heavy (non-hydrogen) atoms. The summed E-state index contributed by atoms with van der Waals surface area (Å²) >= 11 is 1.49. The summed E-state index contributed by atoms with van der Waals surface area (Å²) in [4.78, 5) is 1.36. The van der Waals surface area contributed by atoms with Crippen LogP contribution in [0.1, 0.15) is 18.2 Å². The summed E-state index contributed by atoms with van der Waals surface area (Å²) in [7, 11) is -3.33. The summed E-state index contributed by atoms with van der Waals surface area (Å²) in [6.07, 6.45) is 4.74. The Hall–Kier alpha value is -0.690. The van der Waals surface area contributed by atoms with Crippen LogP contribution in [0.2, 0.25) is 0 Å². The van der Waals surface area contributed by atoms with Gasteiger partial charge < -0.3 is 5.32 Å². The summed E-state index contributed by atoms with van der Waals surface area (Å²) in [5.74, 6) is 0. The molecule has 0 aromatic carbocycles. The van der Waals surface area contributed by atoms with E-state index in [1.54, 1.807) is 10.4 Å². The summed E-state index contributed by atoms with van der Waals surface area (Å²) in [6, 6.07) is 1.71. The van der Waals surface area contributed by atoms with Crippen molar-refractivity contribution in [2.75, 3.05) is 19.6 Å². The Morgan fingerprint density at radius 1 is 1.44 bits per heavy atom. The van der Waals surface area contributed by atoms with Crippen molar-refractivity contribution in [1.82, 2.24) is 9.62 Å². The highest BCUT2D eigenvalue weighted by Gasteiger charge is 2.27. The van der Waals surface area contributed by atoms with Crippen molar-refractivity contribution in [3.05, 3.63) is 28.5 Å². The van der Waals surface area contributed by atoms with Gasteiger partial charge in [0.2, 0.25) is 10.0 Å². The van der Waals surface area contributed by atoms with Gasteiger partial charge in [-0.1, -0.05) is 19.1 Å². The highest BCUT2D eigenvalue weighted by molar-refractivity contribution is 7.89. The Kier molecular flexibility index (Phi) is 4.55. The Morgan fingerprint density at radius 3 is 2.94 bits per heavy atom. The topological polar surface area (TPSA) is 49.4 Å². The van der Waals surface area contributed by atoms with Crippen LogP contribution in [-0.4, -0.2) is 32.4 Å². The number of hydrogen-bond donors (Lipinski definition) is 1. The van der Waals surface area contributed by atoms with E-state index in [-0.39, 0.29) is 0 Å². The maximum atomic E-state index is 12.5. The minimum Gasteiger partial charge on any atom is -0.312 e. The molecule has 0 fully saturated rings. The SMILES string of the molecule is CCNCc1sccc1S(=O)(=O)N1CC=CCC1. The molecule has 0 saturated carbocycles. The molecule has 2 rings (SSSR count). The van der Waals surface area contributed by atoms with Crippen LogP contribution in [0, 0.1) is 0 Å². The third kappa shape index (κ3) is 2.83. The van der Waals surface area contributed by atoms with Gasteiger partial charge in [-0.15, -0.1) is 11.3 Å². The maximum Gasteiger partial charge on any atom is 0.244 e. The lowest BCUT2D eigenvalue weighted by Crippen LogP contribution is -2.34. The number of hydrogen-bond acceptors (Lipinski definition) is 4. The molecule has 0 unspecified atom stereocenters. The zero-order chi connectivity index (χ0) is 13.0. The standard InChI is InChI=1S/C12H18N2O2S2/c1-2-13-10-11-12(6-9-17-11)18(15,16)14-7-4-3-5-8-14/h3-4,6,9,13H,2,5,7-8,10H2,1H3. The molecule has 100 valence electrons. The second-order valence-corrected chi connectivity index (χ2v) is 7.02. The van der Waals surface area contributed by atoms with E-state index in [9.17, 15) is 8.42 Å². The summed E-state index contributed by atoms with van der Waals surface area (Å²) in [5, 5.41) is 5.03. The van der Waals surface area contributed by atoms with Gasteiger partial charge in [-0.25, -0.2) is 8.42 Å². The molecule has 1 aliphatic heterocycles. The summed E-state index contributed by atoms with van der Waals surface area (Å²) in [6.45, 7) is 4.53. The van der Waals surface area contributed by atoms with Crippen molar-refractivity contribution < 1.29 is 8.42 Å². The minimum atomic E-state index is -3.33. The molecule has 0 aliphatic carbocycles. The van der Waals surface area contributed by atoms with Gasteiger partial charge in [-0.05, 0) is 24.4 Å². The quantitative estimate of drug-likeness (QED) is 0.840. The first-order valence-corrected chi connectivity index (χ1v) is 8.40. The van der Waals surface area contributed by atoms with Gasteiger partial charge >= 0.3 is 0 Å². The van der Waals surface area contributed by atoms with Crippen molar-refractivity contribution >= 4 is 21.4 Å². The molecule has 1 aromatic rings. The smallest absolute Gasteiger partial charge is 0.244 e. The lowest BCUT2D eigenvalue weighted by atomic mass is 10.3. The van der Waals surface area contributed by atoms with Crippen LogP contribution in [0.25, 0.3) is 0 Å². The maximum absolute atomic E-state index is 12.5. The molecule has 0 saturated heterocycles. The van der Waals surface area contributed by atoms with Crippen LogP contribution in [0.4, 0.5) is 0 Å². The van der Waals surface area contributed by atoms with Gasteiger partial charge in [-0.3, -0.25) is 0 Å². The monoisotopic (exact) mass is 286 g/mol. The van der Waals surface area contributed by atoms with Gasteiger partial charge in [-0.2, -0.15) is 4.31 Å². The van der Waals surface area contributed by atoms with Crippen LogP contribution < -0.4 is 5.32 Å². The number of sulfonamides is 1. The number of nitrogens with zero attached hydrogens (tertiary/aromatic N) is 1.